The number of methoxy groups -OCH3 is 1. The van der Waals surface area contributed by atoms with Gasteiger partial charge in [0.25, 0.3) is 0 Å². The van der Waals surface area contributed by atoms with E-state index in [1.807, 2.05) is 46.3 Å². The molecule has 1 atom stereocenters. The van der Waals surface area contributed by atoms with Crippen molar-refractivity contribution in [3.05, 3.63) is 71.2 Å². The van der Waals surface area contributed by atoms with E-state index in [1.54, 1.807) is 7.11 Å². The molecule has 0 bridgehead atoms. The number of benzene rings is 1. The van der Waals surface area contributed by atoms with Gasteiger partial charge < -0.3 is 19.3 Å². The summed E-state index contributed by atoms with van der Waals surface area (Å²) in [6, 6.07) is 16.8. The molecule has 7 rings (SSSR count). The summed E-state index contributed by atoms with van der Waals surface area (Å²) < 4.78 is 11.1. The zero-order valence-electron chi connectivity index (χ0n) is 23.7. The minimum absolute atomic E-state index is 0.119. The van der Waals surface area contributed by atoms with E-state index >= 15 is 0 Å². The highest BCUT2D eigenvalue weighted by Gasteiger charge is 2.44. The van der Waals surface area contributed by atoms with Gasteiger partial charge in [0, 0.05) is 55.6 Å². The molecule has 10 heteroatoms. The second-order valence-electron chi connectivity index (χ2n) is 11.3. The number of pyridine rings is 2. The Morgan fingerprint density at radius 1 is 1.12 bits per heavy atom. The summed E-state index contributed by atoms with van der Waals surface area (Å²) in [5, 5.41) is 18.2. The van der Waals surface area contributed by atoms with Crippen LogP contribution in [0.5, 0.6) is 5.75 Å². The summed E-state index contributed by atoms with van der Waals surface area (Å²) in [6.07, 6.45) is 5.09. The molecule has 2 fully saturated rings. The highest BCUT2D eigenvalue weighted by atomic mass is 16.5. The Morgan fingerprint density at radius 2 is 1.90 bits per heavy atom. The van der Waals surface area contributed by atoms with E-state index < -0.39 is 5.41 Å². The SMILES string of the molecule is COc1cc2[nH]nc(-c3ccc(C4CCN(C(=O)N5CCOCC5)CC4)nc3)c2nc1C1(C#N)CCc2ccccc21. The largest absolute Gasteiger partial charge is 0.495 e. The third kappa shape index (κ3) is 4.36. The van der Waals surface area contributed by atoms with Crippen molar-refractivity contribution in [2.45, 2.75) is 37.0 Å². The first-order valence-corrected chi connectivity index (χ1v) is 14.6. The number of hydrogen-bond donors (Lipinski definition) is 1. The Bertz CT molecular complexity index is 1660. The highest BCUT2D eigenvalue weighted by molar-refractivity contribution is 5.90. The molecule has 1 aliphatic carbocycles. The van der Waals surface area contributed by atoms with Crippen LogP contribution in [0.25, 0.3) is 22.3 Å². The van der Waals surface area contributed by atoms with Gasteiger partial charge in [0.1, 0.15) is 28.1 Å². The van der Waals surface area contributed by atoms with Gasteiger partial charge in [-0.1, -0.05) is 24.3 Å². The van der Waals surface area contributed by atoms with Crippen LogP contribution in [0.15, 0.2) is 48.7 Å². The van der Waals surface area contributed by atoms with Crippen molar-refractivity contribution in [1.29, 1.82) is 5.26 Å². The van der Waals surface area contributed by atoms with E-state index in [-0.39, 0.29) is 6.03 Å². The van der Waals surface area contributed by atoms with Crippen LogP contribution in [0.3, 0.4) is 0 Å². The number of nitrogens with zero attached hydrogens (tertiary/aromatic N) is 6. The summed E-state index contributed by atoms with van der Waals surface area (Å²) >= 11 is 0. The number of carbonyl (C=O) groups excluding carboxylic acids is 1. The Labute approximate surface area is 244 Å². The number of nitriles is 1. The summed E-state index contributed by atoms with van der Waals surface area (Å²) in [5.41, 5.74) is 5.90. The zero-order chi connectivity index (χ0) is 28.7. The molecule has 1 aromatic carbocycles. The maximum Gasteiger partial charge on any atom is 0.320 e. The minimum atomic E-state index is -0.884. The lowest BCUT2D eigenvalue weighted by Crippen LogP contribution is -2.50. The Morgan fingerprint density at radius 3 is 2.64 bits per heavy atom. The zero-order valence-corrected chi connectivity index (χ0v) is 23.7. The fourth-order valence-corrected chi connectivity index (χ4v) is 6.73. The molecule has 0 saturated carbocycles. The van der Waals surface area contributed by atoms with Gasteiger partial charge in [-0.05, 0) is 48.9 Å². The van der Waals surface area contributed by atoms with Crippen molar-refractivity contribution >= 4 is 17.1 Å². The third-order valence-electron chi connectivity index (χ3n) is 9.09. The summed E-state index contributed by atoms with van der Waals surface area (Å²) in [7, 11) is 1.61. The van der Waals surface area contributed by atoms with Crippen LogP contribution in [0.1, 0.15) is 47.7 Å². The van der Waals surface area contributed by atoms with Crippen LogP contribution in [0, 0.1) is 11.3 Å². The molecular formula is C32H33N7O3. The molecule has 42 heavy (non-hydrogen) atoms. The van der Waals surface area contributed by atoms with Gasteiger partial charge in [-0.2, -0.15) is 10.4 Å². The van der Waals surface area contributed by atoms with E-state index in [2.05, 4.69) is 28.4 Å². The number of carbonyl (C=O) groups is 1. The molecule has 0 spiro atoms. The predicted octanol–water partition coefficient (Wildman–Crippen LogP) is 4.42. The standard InChI is InChI=1S/C32H33N7O3/c1-41-27-18-26-29(35-30(27)32(20-33)11-8-21-4-2-3-5-24(21)32)28(37-36-26)23-6-7-25(34-19-23)22-9-12-38(13-10-22)31(40)39-14-16-42-17-15-39/h2-7,18-19,22H,8-17H2,1H3,(H,36,37). The number of piperidine rings is 1. The van der Waals surface area contributed by atoms with Crippen LogP contribution < -0.4 is 4.74 Å². The van der Waals surface area contributed by atoms with E-state index in [1.165, 1.54) is 5.56 Å². The molecule has 2 saturated heterocycles. The number of morpholine rings is 1. The normalized spacial score (nSPS) is 20.9. The van der Waals surface area contributed by atoms with Gasteiger partial charge in [0.05, 0.1) is 31.9 Å². The molecule has 10 nitrogen and oxygen atoms in total. The van der Waals surface area contributed by atoms with Gasteiger partial charge in [-0.15, -0.1) is 0 Å². The second kappa shape index (κ2) is 10.7. The topological polar surface area (TPSA) is 120 Å². The molecule has 4 aromatic rings. The van der Waals surface area contributed by atoms with Gasteiger partial charge in [-0.25, -0.2) is 9.78 Å². The number of hydrogen-bond acceptors (Lipinski definition) is 7. The maximum atomic E-state index is 12.9. The Kier molecular flexibility index (Phi) is 6.75. The third-order valence-corrected chi connectivity index (χ3v) is 9.09. The van der Waals surface area contributed by atoms with Crippen LogP contribution in [0.4, 0.5) is 4.79 Å². The number of fused-ring (bicyclic) bond motifs is 2. The molecule has 3 aliphatic rings. The average molecular weight is 564 g/mol. The average Bonchev–Trinajstić information content (AvgIpc) is 3.66. The number of ether oxygens (including phenoxy) is 2. The molecule has 1 N–H and O–H groups in total. The fourth-order valence-electron chi connectivity index (χ4n) is 6.73. The van der Waals surface area contributed by atoms with Crippen LogP contribution in [-0.2, 0) is 16.6 Å². The molecule has 0 radical (unpaired) electrons. The molecule has 214 valence electrons. The number of amides is 2. The lowest BCUT2D eigenvalue weighted by molar-refractivity contribution is 0.0411. The number of nitrogens with one attached hydrogen (secondary N) is 1. The maximum absolute atomic E-state index is 12.9. The van der Waals surface area contributed by atoms with E-state index in [9.17, 15) is 10.1 Å². The molecule has 3 aromatic heterocycles. The van der Waals surface area contributed by atoms with Crippen LogP contribution in [0.2, 0.25) is 0 Å². The summed E-state index contributed by atoms with van der Waals surface area (Å²) in [5.74, 6) is 0.874. The fraction of sp³-hybridized carbons (Fsp3) is 0.406. The minimum Gasteiger partial charge on any atom is -0.495 e. The number of urea groups is 1. The summed E-state index contributed by atoms with van der Waals surface area (Å²) in [4.78, 5) is 26.6. The Hall–Kier alpha value is -4.49. The van der Waals surface area contributed by atoms with Gasteiger partial charge in [0.2, 0.25) is 0 Å². The van der Waals surface area contributed by atoms with Crippen molar-refractivity contribution < 1.29 is 14.3 Å². The van der Waals surface area contributed by atoms with Gasteiger partial charge in [-0.3, -0.25) is 10.1 Å². The number of aryl methyl sites for hydroxylation is 1. The number of likely N-dealkylation sites (tertiary alicyclic amines) is 1. The van der Waals surface area contributed by atoms with Crippen molar-refractivity contribution in [3.8, 4) is 23.1 Å². The first-order chi connectivity index (χ1) is 20.6. The molecule has 5 heterocycles. The summed E-state index contributed by atoms with van der Waals surface area (Å²) in [6.45, 7) is 4.01. The lowest BCUT2D eigenvalue weighted by atomic mass is 9.79. The number of aromatic nitrogens is 4. The second-order valence-corrected chi connectivity index (χ2v) is 11.3. The first kappa shape index (κ1) is 26.4. The van der Waals surface area contributed by atoms with Crippen LogP contribution >= 0.6 is 0 Å². The number of H-pyrrole nitrogens is 1. The van der Waals surface area contributed by atoms with Gasteiger partial charge >= 0.3 is 6.03 Å². The van der Waals surface area contributed by atoms with Crippen molar-refractivity contribution in [2.75, 3.05) is 46.5 Å². The number of rotatable bonds is 4. The van der Waals surface area contributed by atoms with E-state index in [0.29, 0.717) is 61.3 Å². The smallest absolute Gasteiger partial charge is 0.320 e. The van der Waals surface area contributed by atoms with Crippen LogP contribution in [-0.4, -0.2) is 82.5 Å². The molecule has 2 amide bonds. The Balaban J connectivity index is 1.14. The van der Waals surface area contributed by atoms with Gasteiger partial charge in [0.15, 0.2) is 0 Å². The molecule has 1 unspecified atom stereocenters. The van der Waals surface area contributed by atoms with E-state index in [4.69, 9.17) is 19.4 Å². The molecular weight excluding hydrogens is 530 g/mol. The highest BCUT2D eigenvalue weighted by Crippen LogP contribution is 2.47. The number of aromatic amines is 1. The first-order valence-electron chi connectivity index (χ1n) is 14.6. The lowest BCUT2D eigenvalue weighted by Gasteiger charge is -2.37. The van der Waals surface area contributed by atoms with Crippen molar-refractivity contribution in [2.24, 2.45) is 0 Å². The monoisotopic (exact) mass is 563 g/mol. The predicted molar refractivity (Wildman–Crippen MR) is 156 cm³/mol. The van der Waals surface area contributed by atoms with Crippen molar-refractivity contribution in [3.63, 3.8) is 0 Å². The van der Waals surface area contributed by atoms with Crippen molar-refractivity contribution in [1.82, 2.24) is 30.0 Å². The molecule has 2 aliphatic heterocycles. The van der Waals surface area contributed by atoms with E-state index in [0.717, 1.165) is 54.7 Å². The quantitative estimate of drug-likeness (QED) is 0.390.